The lowest BCUT2D eigenvalue weighted by molar-refractivity contribution is -0.375. The number of rotatable bonds is 8. The van der Waals surface area contributed by atoms with Crippen molar-refractivity contribution in [3.8, 4) is 6.07 Å². The molecule has 3 nitrogen and oxygen atoms in total. The molecule has 0 aliphatic heterocycles. The van der Waals surface area contributed by atoms with Crippen LogP contribution in [-0.4, -0.2) is 6.54 Å². The van der Waals surface area contributed by atoms with E-state index in [9.17, 15) is 5.26 Å². The lowest BCUT2D eigenvalue weighted by Crippen LogP contribution is -2.26. The molecule has 1 heterocycles. The highest BCUT2D eigenvalue weighted by atomic mass is 15.0. The van der Waals surface area contributed by atoms with Gasteiger partial charge in [0, 0.05) is 6.42 Å². The van der Waals surface area contributed by atoms with Crippen molar-refractivity contribution in [2.24, 2.45) is 0 Å². The Morgan fingerprint density at radius 3 is 2.45 bits per heavy atom. The molecule has 0 fully saturated rings. The molecular formula is C19H30N3+. The summed E-state index contributed by atoms with van der Waals surface area (Å²) in [5.41, 5.74) is 4.99. The number of nitrogens with zero attached hydrogens (tertiary/aromatic N) is 1. The van der Waals surface area contributed by atoms with Crippen molar-refractivity contribution in [1.29, 1.82) is 5.26 Å². The molecular weight excluding hydrogens is 270 g/mol. The molecule has 0 amide bonds. The molecule has 0 bridgehead atoms. The van der Waals surface area contributed by atoms with Crippen molar-refractivity contribution >= 4 is 5.82 Å². The van der Waals surface area contributed by atoms with Gasteiger partial charge in [-0.2, -0.15) is 5.26 Å². The molecule has 0 unspecified atom stereocenters. The van der Waals surface area contributed by atoms with E-state index >= 15 is 0 Å². The number of nitrogens with one attached hydrogen (secondary N) is 2. The van der Waals surface area contributed by atoms with Crippen molar-refractivity contribution in [3.63, 3.8) is 0 Å². The Labute approximate surface area is 135 Å². The first kappa shape index (κ1) is 16.8. The van der Waals surface area contributed by atoms with Crippen LogP contribution >= 0.6 is 0 Å². The summed E-state index contributed by atoms with van der Waals surface area (Å²) in [4.78, 5) is 3.57. The number of H-pyrrole nitrogens is 1. The van der Waals surface area contributed by atoms with Crippen LogP contribution in [0.5, 0.6) is 0 Å². The van der Waals surface area contributed by atoms with E-state index in [0.29, 0.717) is 0 Å². The first-order valence-corrected chi connectivity index (χ1v) is 9.05. The molecule has 0 saturated heterocycles. The van der Waals surface area contributed by atoms with E-state index in [1.165, 1.54) is 55.3 Å². The van der Waals surface area contributed by atoms with Crippen LogP contribution in [0.4, 0.5) is 5.82 Å². The number of unbranched alkanes of at least 4 members (excludes halogenated alkanes) is 3. The number of anilines is 1. The molecule has 1 aromatic rings. The molecule has 0 radical (unpaired) electrons. The summed E-state index contributed by atoms with van der Waals surface area (Å²) < 4.78 is 0. The van der Waals surface area contributed by atoms with Crippen LogP contribution in [0.25, 0.3) is 0 Å². The summed E-state index contributed by atoms with van der Waals surface area (Å²) in [5, 5.41) is 13.1. The van der Waals surface area contributed by atoms with Gasteiger partial charge in [-0.1, -0.05) is 26.7 Å². The predicted octanol–water partition coefficient (Wildman–Crippen LogP) is 4.20. The number of aromatic nitrogens is 1. The van der Waals surface area contributed by atoms with Crippen LogP contribution in [0.15, 0.2) is 0 Å². The molecule has 3 heteroatoms. The molecule has 120 valence electrons. The van der Waals surface area contributed by atoms with Crippen molar-refractivity contribution in [2.75, 3.05) is 11.9 Å². The van der Waals surface area contributed by atoms with Gasteiger partial charge in [0.15, 0.2) is 0 Å². The first-order chi connectivity index (χ1) is 10.8. The van der Waals surface area contributed by atoms with E-state index in [2.05, 4.69) is 30.2 Å². The average molecular weight is 300 g/mol. The minimum absolute atomic E-state index is 0.867. The van der Waals surface area contributed by atoms with E-state index in [0.717, 1.165) is 43.6 Å². The molecule has 0 spiro atoms. The third-order valence-corrected chi connectivity index (χ3v) is 4.63. The third-order valence-electron chi connectivity index (χ3n) is 4.63. The SMILES string of the molecule is CCCCCNc1[nH+]c(CCCC)c2c(c1C#N)CCCC2. The zero-order valence-electron chi connectivity index (χ0n) is 14.2. The molecule has 22 heavy (non-hydrogen) atoms. The monoisotopic (exact) mass is 300 g/mol. The maximum absolute atomic E-state index is 9.63. The molecule has 2 rings (SSSR count). The van der Waals surface area contributed by atoms with E-state index in [1.54, 1.807) is 0 Å². The fourth-order valence-corrected chi connectivity index (χ4v) is 3.37. The van der Waals surface area contributed by atoms with Crippen LogP contribution < -0.4 is 10.3 Å². The number of nitriles is 1. The summed E-state index contributed by atoms with van der Waals surface area (Å²) in [7, 11) is 0. The van der Waals surface area contributed by atoms with Gasteiger partial charge in [-0.25, -0.2) is 4.98 Å². The standard InChI is InChI=1S/C19H29N3/c1-3-5-9-13-21-19-17(14-20)15-10-7-8-11-16(15)18(22-19)12-6-4-2/h3-13H2,1-2H3,(H,21,22)/p+1. The second-order valence-corrected chi connectivity index (χ2v) is 6.37. The fourth-order valence-electron chi connectivity index (χ4n) is 3.37. The average Bonchev–Trinajstić information content (AvgIpc) is 2.56. The molecule has 0 aromatic carbocycles. The number of fused-ring (bicyclic) bond motifs is 1. The van der Waals surface area contributed by atoms with Gasteiger partial charge in [0.1, 0.15) is 17.3 Å². The Morgan fingerprint density at radius 1 is 1.05 bits per heavy atom. The Morgan fingerprint density at radius 2 is 1.77 bits per heavy atom. The summed E-state index contributed by atoms with van der Waals surface area (Å²) in [5.74, 6) is 0.963. The topological polar surface area (TPSA) is 50.0 Å². The highest BCUT2D eigenvalue weighted by Gasteiger charge is 2.24. The Kier molecular flexibility index (Phi) is 6.71. The molecule has 0 atom stereocenters. The second kappa shape index (κ2) is 8.78. The lowest BCUT2D eigenvalue weighted by atomic mass is 9.86. The normalized spacial score (nSPS) is 13.5. The molecule has 1 aromatic heterocycles. The lowest BCUT2D eigenvalue weighted by Gasteiger charge is -2.19. The number of aryl methyl sites for hydroxylation is 1. The summed E-state index contributed by atoms with van der Waals surface area (Å²) in [6, 6.07) is 2.45. The Bertz CT molecular complexity index is 528. The quantitative estimate of drug-likeness (QED) is 0.732. The highest BCUT2D eigenvalue weighted by Crippen LogP contribution is 2.29. The minimum atomic E-state index is 0.867. The van der Waals surface area contributed by atoms with Gasteiger partial charge >= 0.3 is 0 Å². The zero-order chi connectivity index (χ0) is 15.8. The van der Waals surface area contributed by atoms with E-state index in [-0.39, 0.29) is 0 Å². The van der Waals surface area contributed by atoms with Crippen LogP contribution in [0.1, 0.15) is 81.2 Å². The summed E-state index contributed by atoms with van der Waals surface area (Å²) >= 11 is 0. The van der Waals surface area contributed by atoms with Crippen molar-refractivity contribution in [3.05, 3.63) is 22.4 Å². The highest BCUT2D eigenvalue weighted by molar-refractivity contribution is 5.56. The molecule has 1 aliphatic rings. The van der Waals surface area contributed by atoms with Crippen LogP contribution in [0.2, 0.25) is 0 Å². The third kappa shape index (κ3) is 4.00. The van der Waals surface area contributed by atoms with Gasteiger partial charge in [-0.15, -0.1) is 0 Å². The van der Waals surface area contributed by atoms with E-state index < -0.39 is 0 Å². The minimum Gasteiger partial charge on any atom is -0.273 e. The first-order valence-electron chi connectivity index (χ1n) is 9.05. The second-order valence-electron chi connectivity index (χ2n) is 6.37. The van der Waals surface area contributed by atoms with Crippen molar-refractivity contribution < 1.29 is 4.98 Å². The zero-order valence-corrected chi connectivity index (χ0v) is 14.2. The van der Waals surface area contributed by atoms with Gasteiger partial charge in [0.25, 0.3) is 5.82 Å². The number of hydrogen-bond donors (Lipinski definition) is 1. The van der Waals surface area contributed by atoms with Crippen LogP contribution in [0.3, 0.4) is 0 Å². The maximum Gasteiger partial charge on any atom is 0.290 e. The van der Waals surface area contributed by atoms with Gasteiger partial charge < -0.3 is 0 Å². The van der Waals surface area contributed by atoms with Crippen molar-refractivity contribution in [1.82, 2.24) is 0 Å². The van der Waals surface area contributed by atoms with E-state index in [4.69, 9.17) is 0 Å². The number of hydrogen-bond acceptors (Lipinski definition) is 2. The molecule has 2 N–H and O–H groups in total. The van der Waals surface area contributed by atoms with E-state index in [1.807, 2.05) is 0 Å². The molecule has 0 saturated carbocycles. The van der Waals surface area contributed by atoms with Crippen LogP contribution in [-0.2, 0) is 19.3 Å². The van der Waals surface area contributed by atoms with Gasteiger partial charge in [0.05, 0.1) is 6.54 Å². The molecule has 1 aliphatic carbocycles. The summed E-state index contributed by atoms with van der Waals surface area (Å²) in [6.45, 7) is 5.40. The number of aromatic amines is 1. The van der Waals surface area contributed by atoms with Crippen molar-refractivity contribution in [2.45, 2.75) is 78.1 Å². The maximum atomic E-state index is 9.63. The number of pyridine rings is 1. The predicted molar refractivity (Wildman–Crippen MR) is 91.0 cm³/mol. The van der Waals surface area contributed by atoms with Gasteiger partial charge in [-0.05, 0) is 56.1 Å². The Hall–Kier alpha value is -1.56. The van der Waals surface area contributed by atoms with Gasteiger partial charge in [-0.3, -0.25) is 5.32 Å². The van der Waals surface area contributed by atoms with Gasteiger partial charge in [0.2, 0.25) is 0 Å². The fraction of sp³-hybridized carbons (Fsp3) is 0.684. The van der Waals surface area contributed by atoms with Crippen LogP contribution in [0, 0.1) is 11.3 Å². The largest absolute Gasteiger partial charge is 0.290 e. The summed E-state index contributed by atoms with van der Waals surface area (Å²) in [6.07, 6.45) is 11.8. The Balaban J connectivity index is 2.28. The smallest absolute Gasteiger partial charge is 0.273 e.